The minimum Gasteiger partial charge on any atom is -0.475 e. The molecule has 3 atom stereocenters. The van der Waals surface area contributed by atoms with Crippen molar-refractivity contribution in [1.82, 2.24) is 0 Å². The Morgan fingerprint density at radius 2 is 1.47 bits per heavy atom. The van der Waals surface area contributed by atoms with Crippen LogP contribution < -0.4 is 5.30 Å². The van der Waals surface area contributed by atoms with Crippen LogP contribution in [-0.4, -0.2) is 18.5 Å². The van der Waals surface area contributed by atoms with E-state index in [0.717, 1.165) is 24.3 Å². The highest BCUT2D eigenvalue weighted by Gasteiger charge is 2.35. The molecular formula is C23H24F6NOP. The van der Waals surface area contributed by atoms with Crippen molar-refractivity contribution in [2.75, 3.05) is 6.61 Å². The van der Waals surface area contributed by atoms with Crippen LogP contribution in [0.25, 0.3) is 0 Å². The van der Waals surface area contributed by atoms with E-state index in [9.17, 15) is 26.3 Å². The van der Waals surface area contributed by atoms with Gasteiger partial charge < -0.3 is 4.74 Å². The molecule has 2 aromatic carbocycles. The zero-order chi connectivity index (χ0) is 23.9. The third-order valence-electron chi connectivity index (χ3n) is 5.34. The molecule has 0 bridgehead atoms. The van der Waals surface area contributed by atoms with Gasteiger partial charge in [-0.25, -0.2) is 4.99 Å². The average Bonchev–Trinajstić information content (AvgIpc) is 3.17. The first kappa shape index (κ1) is 24.6. The largest absolute Gasteiger partial charge is 0.475 e. The quantitative estimate of drug-likeness (QED) is 0.345. The molecule has 1 heterocycles. The summed E-state index contributed by atoms with van der Waals surface area (Å²) in [5, 5.41) is 0.624. The van der Waals surface area contributed by atoms with E-state index in [2.05, 4.69) is 4.99 Å². The van der Waals surface area contributed by atoms with Gasteiger partial charge in [0.2, 0.25) is 5.90 Å². The molecule has 32 heavy (non-hydrogen) atoms. The molecule has 0 N–H and O–H groups in total. The number of aliphatic imine (C=N–C) groups is 1. The van der Waals surface area contributed by atoms with Gasteiger partial charge in [0.05, 0.1) is 17.2 Å². The summed E-state index contributed by atoms with van der Waals surface area (Å²) in [5.74, 6) is 0.179. The standard InChI is InChI=1S/C23H24F6NOP/c1-13(14-5-7-15(8-6-14)22(24,25)26)32-18-10-9-16(23(27,28)29)11-17(18)20-30-19(12-31-20)21(2,3)4/h5-11,13,19,32H,12H2,1-4H3/t13?,19-/m1/s1. The number of ether oxygens (including phenoxy) is 1. The first-order valence-corrected chi connectivity index (χ1v) is 11.1. The molecule has 0 aromatic heterocycles. The van der Waals surface area contributed by atoms with Gasteiger partial charge in [-0.3, -0.25) is 0 Å². The molecule has 0 radical (unpaired) electrons. The molecule has 1 aliphatic rings. The van der Waals surface area contributed by atoms with E-state index in [1.165, 1.54) is 18.2 Å². The number of hydrogen-bond acceptors (Lipinski definition) is 2. The summed E-state index contributed by atoms with van der Waals surface area (Å²) in [6.07, 6.45) is -8.94. The van der Waals surface area contributed by atoms with Gasteiger partial charge in [-0.05, 0) is 40.5 Å². The maximum absolute atomic E-state index is 13.3. The van der Waals surface area contributed by atoms with Gasteiger partial charge in [0.25, 0.3) is 0 Å². The van der Waals surface area contributed by atoms with Crippen molar-refractivity contribution in [3.8, 4) is 0 Å². The molecule has 2 unspecified atom stereocenters. The lowest BCUT2D eigenvalue weighted by atomic mass is 9.88. The monoisotopic (exact) mass is 475 g/mol. The highest BCUT2D eigenvalue weighted by molar-refractivity contribution is 7.47. The van der Waals surface area contributed by atoms with Crippen molar-refractivity contribution in [3.05, 3.63) is 64.7 Å². The highest BCUT2D eigenvalue weighted by Crippen LogP contribution is 2.38. The van der Waals surface area contributed by atoms with Crippen LogP contribution in [0, 0.1) is 5.41 Å². The normalized spacial score (nSPS) is 18.7. The Morgan fingerprint density at radius 1 is 0.906 bits per heavy atom. The van der Waals surface area contributed by atoms with Crippen molar-refractivity contribution in [2.45, 2.75) is 51.7 Å². The molecule has 174 valence electrons. The third kappa shape index (κ3) is 5.64. The first-order valence-electron chi connectivity index (χ1n) is 10.0. The zero-order valence-electron chi connectivity index (χ0n) is 18.0. The van der Waals surface area contributed by atoms with Crippen molar-refractivity contribution >= 4 is 19.8 Å². The van der Waals surface area contributed by atoms with Crippen molar-refractivity contribution < 1.29 is 31.1 Å². The maximum atomic E-state index is 13.3. The third-order valence-corrected chi connectivity index (χ3v) is 6.85. The van der Waals surface area contributed by atoms with Crippen LogP contribution in [0.5, 0.6) is 0 Å². The fourth-order valence-corrected chi connectivity index (χ4v) is 4.61. The van der Waals surface area contributed by atoms with Gasteiger partial charge in [-0.2, -0.15) is 26.3 Å². The summed E-state index contributed by atoms with van der Waals surface area (Å²) in [7, 11) is 0.0137. The summed E-state index contributed by atoms with van der Waals surface area (Å²) >= 11 is 0. The van der Waals surface area contributed by atoms with Crippen LogP contribution in [0.4, 0.5) is 26.3 Å². The molecule has 0 spiro atoms. The predicted molar refractivity (Wildman–Crippen MR) is 115 cm³/mol. The summed E-state index contributed by atoms with van der Waals surface area (Å²) in [4.78, 5) is 4.54. The van der Waals surface area contributed by atoms with E-state index < -0.39 is 23.5 Å². The van der Waals surface area contributed by atoms with E-state index in [1.807, 2.05) is 27.7 Å². The predicted octanol–water partition coefficient (Wildman–Crippen LogP) is 6.98. The molecule has 3 rings (SSSR count). The number of hydrogen-bond donors (Lipinski definition) is 0. The second kappa shape index (κ2) is 8.69. The fraction of sp³-hybridized carbons (Fsp3) is 0.435. The van der Waals surface area contributed by atoms with Crippen LogP contribution in [0.2, 0.25) is 0 Å². The number of halogens is 6. The maximum Gasteiger partial charge on any atom is 0.416 e. The van der Waals surface area contributed by atoms with Gasteiger partial charge in [0, 0.05) is 11.2 Å². The summed E-state index contributed by atoms with van der Waals surface area (Å²) < 4.78 is 84.2. The van der Waals surface area contributed by atoms with Crippen LogP contribution in [0.15, 0.2) is 47.5 Å². The topological polar surface area (TPSA) is 21.6 Å². The molecule has 0 saturated heterocycles. The smallest absolute Gasteiger partial charge is 0.416 e. The number of rotatable bonds is 4. The zero-order valence-corrected chi connectivity index (χ0v) is 19.0. The number of nitrogens with zero attached hydrogens (tertiary/aromatic N) is 1. The van der Waals surface area contributed by atoms with E-state index in [1.54, 1.807) is 0 Å². The van der Waals surface area contributed by atoms with Gasteiger partial charge in [0.1, 0.15) is 6.61 Å². The molecule has 1 aliphatic heterocycles. The minimum absolute atomic E-state index is 0.0137. The molecule has 0 fully saturated rings. The average molecular weight is 475 g/mol. The van der Waals surface area contributed by atoms with E-state index in [0.29, 0.717) is 10.9 Å². The lowest BCUT2D eigenvalue weighted by Gasteiger charge is -2.21. The van der Waals surface area contributed by atoms with Gasteiger partial charge in [0.15, 0.2) is 0 Å². The molecule has 0 saturated carbocycles. The molecule has 0 amide bonds. The van der Waals surface area contributed by atoms with Crippen molar-refractivity contribution in [1.29, 1.82) is 0 Å². The van der Waals surface area contributed by atoms with Gasteiger partial charge >= 0.3 is 12.4 Å². The first-order chi connectivity index (χ1) is 14.7. The van der Waals surface area contributed by atoms with Gasteiger partial charge in [-0.15, -0.1) is 0 Å². The Labute approximate surface area is 184 Å². The number of benzene rings is 2. The van der Waals surface area contributed by atoms with Crippen LogP contribution in [0.1, 0.15) is 55.6 Å². The van der Waals surface area contributed by atoms with E-state index >= 15 is 0 Å². The summed E-state index contributed by atoms with van der Waals surface area (Å²) in [6.45, 7) is 8.06. The van der Waals surface area contributed by atoms with Crippen LogP contribution >= 0.6 is 8.58 Å². The molecule has 2 nitrogen and oxygen atoms in total. The molecular weight excluding hydrogens is 451 g/mol. The SMILES string of the molecule is CC(Pc1ccc(C(F)(F)F)cc1C1=N[C@@H](C(C)(C)C)CO1)c1ccc(C(F)(F)F)cc1. The van der Waals surface area contributed by atoms with Crippen molar-refractivity contribution in [3.63, 3.8) is 0 Å². The van der Waals surface area contributed by atoms with Crippen LogP contribution in [0.3, 0.4) is 0 Å². The van der Waals surface area contributed by atoms with E-state index in [4.69, 9.17) is 4.74 Å². The summed E-state index contributed by atoms with van der Waals surface area (Å²) in [6, 6.07) is 8.13. The fourth-order valence-electron chi connectivity index (χ4n) is 3.27. The molecule has 9 heteroatoms. The van der Waals surface area contributed by atoms with Gasteiger partial charge in [-0.1, -0.05) is 54.5 Å². The Balaban J connectivity index is 1.94. The minimum atomic E-state index is -4.52. The lowest BCUT2D eigenvalue weighted by Crippen LogP contribution is -2.25. The number of alkyl halides is 6. The Hall–Kier alpha value is -2.08. The highest BCUT2D eigenvalue weighted by atomic mass is 31.1. The molecule has 2 aromatic rings. The molecule has 0 aliphatic carbocycles. The summed E-state index contributed by atoms with van der Waals surface area (Å²) in [5.41, 5.74) is -0.997. The Kier molecular flexibility index (Phi) is 6.67. The van der Waals surface area contributed by atoms with Crippen LogP contribution in [-0.2, 0) is 17.1 Å². The second-order valence-electron chi connectivity index (χ2n) is 8.87. The second-order valence-corrected chi connectivity index (χ2v) is 10.6. The van der Waals surface area contributed by atoms with Crippen molar-refractivity contribution in [2.24, 2.45) is 10.4 Å². The van der Waals surface area contributed by atoms with E-state index in [-0.39, 0.29) is 43.8 Å². The Morgan fingerprint density at radius 3 is 1.97 bits per heavy atom. The lowest BCUT2D eigenvalue weighted by molar-refractivity contribution is -0.138. The Bertz CT molecular complexity index is 990.